The van der Waals surface area contributed by atoms with Gasteiger partial charge in [-0.15, -0.1) is 0 Å². The Kier molecular flexibility index (Phi) is 4.64. The highest BCUT2D eigenvalue weighted by molar-refractivity contribution is 5.26. The van der Waals surface area contributed by atoms with E-state index in [9.17, 15) is 0 Å². The number of piperidine rings is 1. The second kappa shape index (κ2) is 6.06. The summed E-state index contributed by atoms with van der Waals surface area (Å²) in [4.78, 5) is 2.59. The average Bonchev–Trinajstić information content (AvgIpc) is 2.38. The van der Waals surface area contributed by atoms with Crippen molar-refractivity contribution in [2.24, 2.45) is 5.73 Å². The maximum absolute atomic E-state index is 6.05. The van der Waals surface area contributed by atoms with E-state index in [0.717, 1.165) is 19.4 Å². The Hall–Kier alpha value is -0.860. The van der Waals surface area contributed by atoms with Crippen molar-refractivity contribution < 1.29 is 0 Å². The molecule has 2 nitrogen and oxygen atoms in total. The van der Waals surface area contributed by atoms with Gasteiger partial charge in [-0.1, -0.05) is 38.1 Å². The van der Waals surface area contributed by atoms with Crippen LogP contribution in [-0.2, 0) is 0 Å². The lowest BCUT2D eigenvalue weighted by molar-refractivity contribution is 0.104. The minimum absolute atomic E-state index is 0.391. The monoisotopic (exact) mass is 260 g/mol. The van der Waals surface area contributed by atoms with E-state index >= 15 is 0 Å². The quantitative estimate of drug-likeness (QED) is 0.898. The molecule has 0 saturated carbocycles. The van der Waals surface area contributed by atoms with Gasteiger partial charge in [0.05, 0.1) is 0 Å². The first-order valence-electron chi connectivity index (χ1n) is 7.60. The van der Waals surface area contributed by atoms with E-state index in [2.05, 4.69) is 56.9 Å². The number of likely N-dealkylation sites (tertiary alicyclic amines) is 1. The van der Waals surface area contributed by atoms with Crippen molar-refractivity contribution in [3.63, 3.8) is 0 Å². The molecule has 0 radical (unpaired) electrons. The fourth-order valence-corrected chi connectivity index (χ4v) is 3.15. The standard InChI is InChI=1S/C17H28N2/c1-12(2)15-5-7-16(8-6-15)14(4)19-10-9-17(18)11-13(19)3/h5-8,12-14,17H,9-11,18H2,1-4H3. The van der Waals surface area contributed by atoms with E-state index in [0.29, 0.717) is 24.0 Å². The Morgan fingerprint density at radius 2 is 1.68 bits per heavy atom. The zero-order chi connectivity index (χ0) is 14.0. The molecule has 1 saturated heterocycles. The molecule has 1 aromatic carbocycles. The molecule has 1 aliphatic rings. The van der Waals surface area contributed by atoms with Crippen LogP contribution in [-0.4, -0.2) is 23.5 Å². The van der Waals surface area contributed by atoms with Gasteiger partial charge in [0, 0.05) is 24.7 Å². The van der Waals surface area contributed by atoms with Crippen molar-refractivity contribution in [1.82, 2.24) is 4.90 Å². The van der Waals surface area contributed by atoms with Gasteiger partial charge in [0.15, 0.2) is 0 Å². The van der Waals surface area contributed by atoms with Crippen LogP contribution in [0.4, 0.5) is 0 Å². The summed E-state index contributed by atoms with van der Waals surface area (Å²) in [6.07, 6.45) is 2.24. The average molecular weight is 260 g/mol. The summed E-state index contributed by atoms with van der Waals surface area (Å²) in [6, 6.07) is 10.6. The van der Waals surface area contributed by atoms with Gasteiger partial charge in [-0.3, -0.25) is 4.90 Å². The fraction of sp³-hybridized carbons (Fsp3) is 0.647. The topological polar surface area (TPSA) is 29.3 Å². The van der Waals surface area contributed by atoms with Gasteiger partial charge < -0.3 is 5.73 Å². The lowest BCUT2D eigenvalue weighted by Crippen LogP contribution is -2.46. The predicted molar refractivity (Wildman–Crippen MR) is 82.3 cm³/mol. The van der Waals surface area contributed by atoms with Crippen molar-refractivity contribution in [2.45, 2.75) is 64.6 Å². The van der Waals surface area contributed by atoms with E-state index in [1.807, 2.05) is 0 Å². The number of nitrogens with zero attached hydrogens (tertiary/aromatic N) is 1. The Bertz CT molecular complexity index is 396. The Labute approximate surface area is 118 Å². The maximum atomic E-state index is 6.05. The van der Waals surface area contributed by atoms with Crippen molar-refractivity contribution >= 4 is 0 Å². The molecule has 1 aliphatic heterocycles. The SMILES string of the molecule is CC(C)c1ccc(C(C)N2CCC(N)CC2C)cc1. The normalized spacial score (nSPS) is 26.6. The second-order valence-corrected chi connectivity index (χ2v) is 6.37. The summed E-state index contributed by atoms with van der Waals surface area (Å²) < 4.78 is 0. The molecule has 3 atom stereocenters. The predicted octanol–water partition coefficient (Wildman–Crippen LogP) is 3.68. The van der Waals surface area contributed by atoms with Gasteiger partial charge in [0.1, 0.15) is 0 Å². The molecule has 19 heavy (non-hydrogen) atoms. The molecule has 1 aromatic rings. The van der Waals surface area contributed by atoms with Crippen LogP contribution in [0.5, 0.6) is 0 Å². The molecule has 0 bridgehead atoms. The summed E-state index contributed by atoms with van der Waals surface area (Å²) in [5.41, 5.74) is 8.90. The lowest BCUT2D eigenvalue weighted by atomic mass is 9.94. The van der Waals surface area contributed by atoms with E-state index in [1.54, 1.807) is 0 Å². The van der Waals surface area contributed by atoms with Gasteiger partial charge in [0.25, 0.3) is 0 Å². The molecule has 2 N–H and O–H groups in total. The zero-order valence-electron chi connectivity index (χ0n) is 12.8. The van der Waals surface area contributed by atoms with Crippen LogP contribution in [0.15, 0.2) is 24.3 Å². The third kappa shape index (κ3) is 3.37. The van der Waals surface area contributed by atoms with Gasteiger partial charge in [0.2, 0.25) is 0 Å². The number of nitrogens with two attached hydrogens (primary N) is 1. The van der Waals surface area contributed by atoms with Gasteiger partial charge in [-0.25, -0.2) is 0 Å². The fourth-order valence-electron chi connectivity index (χ4n) is 3.15. The van der Waals surface area contributed by atoms with E-state index < -0.39 is 0 Å². The van der Waals surface area contributed by atoms with Crippen LogP contribution in [0, 0.1) is 0 Å². The smallest absolute Gasteiger partial charge is 0.0322 e. The summed E-state index contributed by atoms with van der Waals surface area (Å²) in [5, 5.41) is 0. The summed E-state index contributed by atoms with van der Waals surface area (Å²) in [6.45, 7) is 10.2. The maximum Gasteiger partial charge on any atom is 0.0322 e. The van der Waals surface area contributed by atoms with Crippen molar-refractivity contribution in [1.29, 1.82) is 0 Å². The number of rotatable bonds is 3. The van der Waals surface area contributed by atoms with Crippen molar-refractivity contribution in [2.75, 3.05) is 6.54 Å². The Morgan fingerprint density at radius 3 is 2.21 bits per heavy atom. The second-order valence-electron chi connectivity index (χ2n) is 6.37. The molecule has 1 heterocycles. The first-order valence-corrected chi connectivity index (χ1v) is 7.60. The highest BCUT2D eigenvalue weighted by Crippen LogP contribution is 2.28. The zero-order valence-corrected chi connectivity index (χ0v) is 12.8. The van der Waals surface area contributed by atoms with Crippen LogP contribution in [0.1, 0.15) is 63.6 Å². The molecule has 0 spiro atoms. The molecule has 2 rings (SSSR count). The molecular formula is C17H28N2. The Balaban J connectivity index is 2.08. The minimum Gasteiger partial charge on any atom is -0.328 e. The molecule has 106 valence electrons. The molecule has 0 aromatic heterocycles. The third-order valence-corrected chi connectivity index (χ3v) is 4.55. The van der Waals surface area contributed by atoms with Crippen LogP contribution in [0.3, 0.4) is 0 Å². The highest BCUT2D eigenvalue weighted by atomic mass is 15.2. The van der Waals surface area contributed by atoms with E-state index in [1.165, 1.54) is 11.1 Å². The highest BCUT2D eigenvalue weighted by Gasteiger charge is 2.27. The van der Waals surface area contributed by atoms with Crippen molar-refractivity contribution in [3.8, 4) is 0 Å². The van der Waals surface area contributed by atoms with Crippen LogP contribution >= 0.6 is 0 Å². The largest absolute Gasteiger partial charge is 0.328 e. The molecule has 1 fully saturated rings. The van der Waals surface area contributed by atoms with Crippen LogP contribution < -0.4 is 5.73 Å². The van der Waals surface area contributed by atoms with Gasteiger partial charge in [-0.05, 0) is 43.7 Å². The molecule has 0 amide bonds. The van der Waals surface area contributed by atoms with E-state index in [4.69, 9.17) is 5.73 Å². The molecule has 3 unspecified atom stereocenters. The number of benzene rings is 1. The molecule has 2 heteroatoms. The summed E-state index contributed by atoms with van der Waals surface area (Å²) >= 11 is 0. The molecule has 0 aliphatic carbocycles. The Morgan fingerprint density at radius 1 is 1.11 bits per heavy atom. The first-order chi connectivity index (χ1) is 8.99. The molecular weight excluding hydrogens is 232 g/mol. The van der Waals surface area contributed by atoms with Gasteiger partial charge in [-0.2, -0.15) is 0 Å². The number of hydrogen-bond acceptors (Lipinski definition) is 2. The number of hydrogen-bond donors (Lipinski definition) is 1. The minimum atomic E-state index is 0.391. The van der Waals surface area contributed by atoms with Crippen LogP contribution in [0.2, 0.25) is 0 Å². The summed E-state index contributed by atoms with van der Waals surface area (Å²) in [7, 11) is 0. The van der Waals surface area contributed by atoms with E-state index in [-0.39, 0.29) is 0 Å². The lowest BCUT2D eigenvalue weighted by Gasteiger charge is -2.40. The van der Waals surface area contributed by atoms with Crippen molar-refractivity contribution in [3.05, 3.63) is 35.4 Å². The van der Waals surface area contributed by atoms with Gasteiger partial charge >= 0.3 is 0 Å². The van der Waals surface area contributed by atoms with Crippen LogP contribution in [0.25, 0.3) is 0 Å². The first kappa shape index (κ1) is 14.5. The third-order valence-electron chi connectivity index (χ3n) is 4.55. The summed E-state index contributed by atoms with van der Waals surface area (Å²) in [5.74, 6) is 0.608.